The molecule has 0 fully saturated rings. The molecule has 0 radical (unpaired) electrons. The number of esters is 1. The van der Waals surface area contributed by atoms with Gasteiger partial charge in [-0.1, -0.05) is 18.7 Å². The third kappa shape index (κ3) is 5.75. The van der Waals surface area contributed by atoms with Crippen LogP contribution in [0.25, 0.3) is 0 Å². The van der Waals surface area contributed by atoms with E-state index >= 15 is 0 Å². The molecule has 5 nitrogen and oxygen atoms in total. The highest BCUT2D eigenvalue weighted by Gasteiger charge is 2.19. The van der Waals surface area contributed by atoms with E-state index in [0.717, 1.165) is 6.42 Å². The van der Waals surface area contributed by atoms with Crippen LogP contribution in [0.15, 0.2) is 23.4 Å². The van der Waals surface area contributed by atoms with Crippen LogP contribution in [0.3, 0.4) is 0 Å². The fourth-order valence-corrected chi connectivity index (χ4v) is 2.29. The van der Waals surface area contributed by atoms with Gasteiger partial charge in [0.2, 0.25) is 5.91 Å². The fourth-order valence-electron chi connectivity index (χ4n) is 1.51. The predicted molar refractivity (Wildman–Crippen MR) is 83.4 cm³/mol. The van der Waals surface area contributed by atoms with Gasteiger partial charge in [-0.15, -0.1) is 0 Å². The molecule has 0 aliphatic rings. The van der Waals surface area contributed by atoms with Gasteiger partial charge < -0.3 is 10.1 Å². The van der Waals surface area contributed by atoms with Crippen molar-refractivity contribution in [1.82, 2.24) is 10.3 Å². The summed E-state index contributed by atoms with van der Waals surface area (Å²) >= 11 is 1.24. The number of pyridine rings is 1. The lowest BCUT2D eigenvalue weighted by molar-refractivity contribution is -0.120. The second-order valence-electron chi connectivity index (χ2n) is 5.15. The minimum absolute atomic E-state index is 0.0766. The van der Waals surface area contributed by atoms with Gasteiger partial charge in [0.15, 0.2) is 0 Å². The number of nitrogens with zero attached hydrogens (tertiary/aromatic N) is 1. The number of thioether (sulfide) groups is 1. The Morgan fingerprint density at radius 3 is 2.71 bits per heavy atom. The van der Waals surface area contributed by atoms with Gasteiger partial charge in [-0.05, 0) is 39.3 Å². The number of nitrogens with one attached hydrogen (secondary N) is 1. The lowest BCUT2D eigenvalue weighted by atomic mass is 10.0. The molecule has 1 aromatic heterocycles. The number of carbonyl (C=O) groups is 2. The van der Waals surface area contributed by atoms with Gasteiger partial charge in [0.05, 0.1) is 17.9 Å². The van der Waals surface area contributed by atoms with Crippen molar-refractivity contribution >= 4 is 23.6 Å². The van der Waals surface area contributed by atoms with Crippen LogP contribution in [0.5, 0.6) is 0 Å². The topological polar surface area (TPSA) is 68.3 Å². The lowest BCUT2D eigenvalue weighted by Gasteiger charge is -2.24. The van der Waals surface area contributed by atoms with E-state index in [0.29, 0.717) is 17.2 Å². The molecule has 0 unspecified atom stereocenters. The molecule has 1 N–H and O–H groups in total. The number of aromatic nitrogens is 1. The van der Waals surface area contributed by atoms with Crippen LogP contribution in [0, 0.1) is 0 Å². The minimum Gasteiger partial charge on any atom is -0.462 e. The van der Waals surface area contributed by atoms with Crippen molar-refractivity contribution in [2.75, 3.05) is 12.4 Å². The van der Waals surface area contributed by atoms with Crippen molar-refractivity contribution < 1.29 is 14.3 Å². The largest absolute Gasteiger partial charge is 0.462 e. The number of ether oxygens (including phenoxy) is 1. The summed E-state index contributed by atoms with van der Waals surface area (Å²) in [5, 5.41) is 3.46. The van der Waals surface area contributed by atoms with Crippen LogP contribution >= 0.6 is 11.8 Å². The highest BCUT2D eigenvalue weighted by molar-refractivity contribution is 8.00. The second-order valence-corrected chi connectivity index (χ2v) is 6.11. The monoisotopic (exact) mass is 310 g/mol. The second kappa shape index (κ2) is 8.02. The Balaban J connectivity index is 2.67. The molecule has 0 aromatic carbocycles. The number of hydrogen-bond donors (Lipinski definition) is 1. The normalized spacial score (nSPS) is 11.0. The number of carbonyl (C=O) groups excluding carboxylic acids is 2. The first kappa shape index (κ1) is 17.5. The summed E-state index contributed by atoms with van der Waals surface area (Å²) in [6, 6.07) is 3.33. The van der Waals surface area contributed by atoms with Crippen molar-refractivity contribution in [2.45, 2.75) is 44.7 Å². The van der Waals surface area contributed by atoms with E-state index in [2.05, 4.69) is 10.3 Å². The molecular weight excluding hydrogens is 288 g/mol. The van der Waals surface area contributed by atoms with Crippen LogP contribution in [0.2, 0.25) is 0 Å². The van der Waals surface area contributed by atoms with Gasteiger partial charge in [0.25, 0.3) is 0 Å². The van der Waals surface area contributed by atoms with Gasteiger partial charge in [-0.25, -0.2) is 9.78 Å². The van der Waals surface area contributed by atoms with E-state index < -0.39 is 5.97 Å². The highest BCUT2D eigenvalue weighted by Crippen LogP contribution is 2.21. The van der Waals surface area contributed by atoms with Crippen molar-refractivity contribution in [3.05, 3.63) is 23.9 Å². The average Bonchev–Trinajstić information content (AvgIpc) is 2.45. The van der Waals surface area contributed by atoms with Gasteiger partial charge in [-0.3, -0.25) is 4.79 Å². The van der Waals surface area contributed by atoms with E-state index in [1.165, 1.54) is 11.8 Å². The summed E-state index contributed by atoms with van der Waals surface area (Å²) in [7, 11) is 0. The molecule has 21 heavy (non-hydrogen) atoms. The number of amides is 1. The van der Waals surface area contributed by atoms with Crippen molar-refractivity contribution in [3.63, 3.8) is 0 Å². The van der Waals surface area contributed by atoms with Crippen LogP contribution in [-0.2, 0) is 9.53 Å². The molecule has 1 aromatic rings. The zero-order valence-corrected chi connectivity index (χ0v) is 13.8. The summed E-state index contributed by atoms with van der Waals surface area (Å²) in [5.41, 5.74) is 0.165. The molecule has 1 heterocycles. The molecule has 0 atom stereocenters. The molecule has 116 valence electrons. The summed E-state index contributed by atoms with van der Waals surface area (Å²) in [5.74, 6) is -0.276. The lowest BCUT2D eigenvalue weighted by Crippen LogP contribution is -2.43. The van der Waals surface area contributed by atoms with Crippen LogP contribution < -0.4 is 5.32 Å². The summed E-state index contributed by atoms with van der Waals surface area (Å²) in [6.45, 7) is 8.02. The van der Waals surface area contributed by atoms with Gasteiger partial charge >= 0.3 is 5.97 Å². The molecule has 1 amide bonds. The SMILES string of the molecule is CCOC(=O)c1cccnc1SCC(=O)NC(C)(C)CC. The Morgan fingerprint density at radius 2 is 2.10 bits per heavy atom. The van der Waals surface area contributed by atoms with E-state index in [-0.39, 0.29) is 17.2 Å². The molecule has 0 saturated heterocycles. The van der Waals surface area contributed by atoms with E-state index in [1.807, 2.05) is 20.8 Å². The maximum atomic E-state index is 11.9. The third-order valence-electron chi connectivity index (χ3n) is 2.97. The Hall–Kier alpha value is -1.56. The quantitative estimate of drug-likeness (QED) is 0.619. The highest BCUT2D eigenvalue weighted by atomic mass is 32.2. The maximum absolute atomic E-state index is 11.9. The van der Waals surface area contributed by atoms with Crippen LogP contribution in [0.1, 0.15) is 44.5 Å². The van der Waals surface area contributed by atoms with Gasteiger partial charge in [0.1, 0.15) is 5.03 Å². The molecule has 6 heteroatoms. The Kier molecular flexibility index (Phi) is 6.68. The van der Waals surface area contributed by atoms with Crippen LogP contribution in [0.4, 0.5) is 0 Å². The number of hydrogen-bond acceptors (Lipinski definition) is 5. The zero-order valence-electron chi connectivity index (χ0n) is 12.9. The minimum atomic E-state index is -0.414. The summed E-state index contributed by atoms with van der Waals surface area (Å²) in [6.07, 6.45) is 2.44. The van der Waals surface area contributed by atoms with Crippen molar-refractivity contribution in [3.8, 4) is 0 Å². The maximum Gasteiger partial charge on any atom is 0.340 e. The van der Waals surface area contributed by atoms with Crippen molar-refractivity contribution in [1.29, 1.82) is 0 Å². The Labute approximate surface area is 129 Å². The standard InChI is InChI=1S/C15H22N2O3S/c1-5-15(3,4)17-12(18)10-21-13-11(8-7-9-16-13)14(19)20-6-2/h7-9H,5-6,10H2,1-4H3,(H,17,18). The predicted octanol–water partition coefficient (Wildman–Crippen LogP) is 2.66. The Bertz CT molecular complexity index is 503. The molecule has 0 bridgehead atoms. The zero-order chi connectivity index (χ0) is 15.9. The third-order valence-corrected chi connectivity index (χ3v) is 3.97. The molecular formula is C15H22N2O3S. The first-order valence-corrected chi connectivity index (χ1v) is 7.94. The first-order valence-electron chi connectivity index (χ1n) is 6.95. The van der Waals surface area contributed by atoms with E-state index in [4.69, 9.17) is 4.74 Å². The first-order chi connectivity index (χ1) is 9.89. The smallest absolute Gasteiger partial charge is 0.340 e. The summed E-state index contributed by atoms with van der Waals surface area (Å²) < 4.78 is 4.98. The van der Waals surface area contributed by atoms with Crippen molar-refractivity contribution in [2.24, 2.45) is 0 Å². The molecule has 0 spiro atoms. The summed E-state index contributed by atoms with van der Waals surface area (Å²) in [4.78, 5) is 27.9. The van der Waals surface area contributed by atoms with E-state index in [1.54, 1.807) is 25.3 Å². The number of rotatable bonds is 7. The van der Waals surface area contributed by atoms with Gasteiger partial charge in [0, 0.05) is 11.7 Å². The van der Waals surface area contributed by atoms with Crippen LogP contribution in [-0.4, -0.2) is 34.8 Å². The Morgan fingerprint density at radius 1 is 1.38 bits per heavy atom. The average molecular weight is 310 g/mol. The van der Waals surface area contributed by atoms with Gasteiger partial charge in [-0.2, -0.15) is 0 Å². The molecule has 0 aliphatic heterocycles. The molecule has 0 saturated carbocycles. The molecule has 0 aliphatic carbocycles. The fraction of sp³-hybridized carbons (Fsp3) is 0.533. The van der Waals surface area contributed by atoms with E-state index in [9.17, 15) is 9.59 Å². The molecule has 1 rings (SSSR count).